The molecule has 0 radical (unpaired) electrons. The van der Waals surface area contributed by atoms with Gasteiger partial charge in [-0.2, -0.15) is 0 Å². The lowest BCUT2D eigenvalue weighted by Gasteiger charge is -2.09. The lowest BCUT2D eigenvalue weighted by molar-refractivity contribution is 0.103. The number of carbonyl (C=O) groups is 1. The van der Waals surface area contributed by atoms with Gasteiger partial charge in [-0.1, -0.05) is 12.1 Å². The van der Waals surface area contributed by atoms with Gasteiger partial charge in [0.2, 0.25) is 0 Å². The van der Waals surface area contributed by atoms with Crippen LogP contribution in [0.3, 0.4) is 0 Å². The molecule has 0 aromatic heterocycles. The van der Waals surface area contributed by atoms with Crippen LogP contribution >= 0.6 is 0 Å². The maximum atomic E-state index is 12.8. The van der Waals surface area contributed by atoms with Crippen LogP contribution in [0.5, 0.6) is 5.75 Å². The molecule has 2 nitrogen and oxygen atoms in total. The summed E-state index contributed by atoms with van der Waals surface area (Å²) in [6.07, 6.45) is 0. The highest BCUT2D eigenvalue weighted by Crippen LogP contribution is 2.26. The molecule has 18 heavy (non-hydrogen) atoms. The number of hydrogen-bond donors (Lipinski definition) is 1. The summed E-state index contributed by atoms with van der Waals surface area (Å²) in [4.78, 5) is 12.2. The molecule has 0 saturated heterocycles. The fraction of sp³-hybridized carbons (Fsp3) is 0.133. The van der Waals surface area contributed by atoms with Crippen molar-refractivity contribution in [3.8, 4) is 5.75 Å². The third-order valence-electron chi connectivity index (χ3n) is 2.98. The summed E-state index contributed by atoms with van der Waals surface area (Å²) in [5.74, 6) is -0.471. The second-order valence-electron chi connectivity index (χ2n) is 4.24. The molecule has 92 valence electrons. The van der Waals surface area contributed by atoms with Gasteiger partial charge in [0.1, 0.15) is 11.6 Å². The Balaban J connectivity index is 2.46. The topological polar surface area (TPSA) is 37.3 Å². The van der Waals surface area contributed by atoms with Crippen molar-refractivity contribution in [3.05, 3.63) is 64.5 Å². The average molecular weight is 244 g/mol. The minimum atomic E-state index is -0.380. The molecule has 1 N–H and O–H groups in total. The Morgan fingerprint density at radius 1 is 1.06 bits per heavy atom. The highest BCUT2D eigenvalue weighted by Gasteiger charge is 2.14. The molecule has 0 unspecified atom stereocenters. The average Bonchev–Trinajstić information content (AvgIpc) is 2.36. The number of ketones is 1. The number of phenols is 1. The van der Waals surface area contributed by atoms with E-state index in [9.17, 15) is 14.3 Å². The molecule has 2 aromatic rings. The van der Waals surface area contributed by atoms with E-state index in [2.05, 4.69) is 0 Å². The Bertz CT molecular complexity index is 601. The Morgan fingerprint density at radius 2 is 1.67 bits per heavy atom. The first kappa shape index (κ1) is 12.3. The molecule has 2 aromatic carbocycles. The standard InChI is InChI=1S/C15H13FO2/c1-9-3-8-13(10(2)14(9)17)15(18)11-4-6-12(16)7-5-11/h3-8,17H,1-2H3. The Morgan fingerprint density at radius 3 is 2.28 bits per heavy atom. The van der Waals surface area contributed by atoms with Gasteiger partial charge in [-0.05, 0) is 43.7 Å². The van der Waals surface area contributed by atoms with E-state index in [0.717, 1.165) is 5.56 Å². The molecular weight excluding hydrogens is 231 g/mol. The van der Waals surface area contributed by atoms with Crippen LogP contribution in [-0.2, 0) is 0 Å². The quantitative estimate of drug-likeness (QED) is 0.822. The first-order chi connectivity index (χ1) is 8.50. The second kappa shape index (κ2) is 4.61. The van der Waals surface area contributed by atoms with Crippen LogP contribution in [0, 0.1) is 19.7 Å². The van der Waals surface area contributed by atoms with E-state index in [1.54, 1.807) is 26.0 Å². The van der Waals surface area contributed by atoms with E-state index in [1.807, 2.05) is 0 Å². The number of carbonyl (C=O) groups excluding carboxylic acids is 1. The summed E-state index contributed by atoms with van der Waals surface area (Å²) >= 11 is 0. The van der Waals surface area contributed by atoms with Crippen LogP contribution in [0.25, 0.3) is 0 Å². The molecule has 0 saturated carbocycles. The Kier molecular flexibility index (Phi) is 3.15. The van der Waals surface area contributed by atoms with E-state index in [1.165, 1.54) is 24.3 Å². The molecule has 0 aliphatic heterocycles. The predicted molar refractivity (Wildman–Crippen MR) is 67.4 cm³/mol. The van der Waals surface area contributed by atoms with Crippen molar-refractivity contribution in [1.29, 1.82) is 0 Å². The summed E-state index contributed by atoms with van der Waals surface area (Å²) in [5.41, 5.74) is 2.11. The number of rotatable bonds is 2. The molecule has 0 aliphatic rings. The number of aryl methyl sites for hydroxylation is 1. The van der Waals surface area contributed by atoms with Gasteiger partial charge in [-0.25, -0.2) is 4.39 Å². The van der Waals surface area contributed by atoms with Gasteiger partial charge in [0.15, 0.2) is 5.78 Å². The van der Waals surface area contributed by atoms with Crippen LogP contribution in [-0.4, -0.2) is 10.9 Å². The number of benzene rings is 2. The minimum Gasteiger partial charge on any atom is -0.507 e. The minimum absolute atomic E-state index is 0.128. The summed E-state index contributed by atoms with van der Waals surface area (Å²) < 4.78 is 12.8. The summed E-state index contributed by atoms with van der Waals surface area (Å²) in [5, 5.41) is 9.81. The van der Waals surface area contributed by atoms with Crippen LogP contribution in [0.15, 0.2) is 36.4 Å². The third-order valence-corrected chi connectivity index (χ3v) is 2.98. The third kappa shape index (κ3) is 2.12. The molecule has 0 spiro atoms. The number of aromatic hydroxyl groups is 1. The smallest absolute Gasteiger partial charge is 0.193 e. The molecule has 0 heterocycles. The molecule has 0 aliphatic carbocycles. The largest absolute Gasteiger partial charge is 0.507 e. The van der Waals surface area contributed by atoms with Crippen molar-refractivity contribution in [2.45, 2.75) is 13.8 Å². The summed E-state index contributed by atoms with van der Waals surface area (Å²) in [6, 6.07) is 8.74. The van der Waals surface area contributed by atoms with Gasteiger partial charge in [0, 0.05) is 16.7 Å². The van der Waals surface area contributed by atoms with Crippen molar-refractivity contribution in [2.24, 2.45) is 0 Å². The van der Waals surface area contributed by atoms with Crippen molar-refractivity contribution >= 4 is 5.78 Å². The molecule has 2 rings (SSSR count). The van der Waals surface area contributed by atoms with Gasteiger partial charge in [0.25, 0.3) is 0 Å². The van der Waals surface area contributed by atoms with Crippen molar-refractivity contribution in [1.82, 2.24) is 0 Å². The molecule has 0 atom stereocenters. The molecule has 0 bridgehead atoms. The van der Waals surface area contributed by atoms with Gasteiger partial charge >= 0.3 is 0 Å². The van der Waals surface area contributed by atoms with Gasteiger partial charge in [-0.3, -0.25) is 4.79 Å². The lowest BCUT2D eigenvalue weighted by atomic mass is 9.96. The Hall–Kier alpha value is -2.16. The fourth-order valence-electron chi connectivity index (χ4n) is 1.84. The van der Waals surface area contributed by atoms with E-state index >= 15 is 0 Å². The van der Waals surface area contributed by atoms with Gasteiger partial charge < -0.3 is 5.11 Å². The molecular formula is C15H13FO2. The Labute approximate surface area is 105 Å². The number of phenolic OH excluding ortho intramolecular Hbond substituents is 1. The first-order valence-corrected chi connectivity index (χ1v) is 5.60. The zero-order valence-corrected chi connectivity index (χ0v) is 10.2. The highest BCUT2D eigenvalue weighted by atomic mass is 19.1. The molecule has 0 fully saturated rings. The maximum Gasteiger partial charge on any atom is 0.193 e. The van der Waals surface area contributed by atoms with E-state index < -0.39 is 0 Å². The van der Waals surface area contributed by atoms with Gasteiger partial charge in [0.05, 0.1) is 0 Å². The summed E-state index contributed by atoms with van der Waals surface area (Å²) in [7, 11) is 0. The second-order valence-corrected chi connectivity index (χ2v) is 4.24. The SMILES string of the molecule is Cc1ccc(C(=O)c2ccc(F)cc2)c(C)c1O. The van der Waals surface area contributed by atoms with Crippen molar-refractivity contribution in [2.75, 3.05) is 0 Å². The van der Waals surface area contributed by atoms with Crippen LogP contribution < -0.4 is 0 Å². The van der Waals surface area contributed by atoms with Crippen molar-refractivity contribution < 1.29 is 14.3 Å². The van der Waals surface area contributed by atoms with Crippen LogP contribution in [0.2, 0.25) is 0 Å². The van der Waals surface area contributed by atoms with E-state index in [0.29, 0.717) is 16.7 Å². The number of halogens is 1. The predicted octanol–water partition coefficient (Wildman–Crippen LogP) is 3.38. The van der Waals surface area contributed by atoms with Crippen molar-refractivity contribution in [3.63, 3.8) is 0 Å². The zero-order chi connectivity index (χ0) is 13.3. The van der Waals surface area contributed by atoms with E-state index in [-0.39, 0.29) is 17.3 Å². The highest BCUT2D eigenvalue weighted by molar-refractivity contribution is 6.10. The number of hydrogen-bond acceptors (Lipinski definition) is 2. The van der Waals surface area contributed by atoms with Gasteiger partial charge in [-0.15, -0.1) is 0 Å². The molecule has 3 heteroatoms. The van der Waals surface area contributed by atoms with Crippen LogP contribution in [0.4, 0.5) is 4.39 Å². The zero-order valence-electron chi connectivity index (χ0n) is 10.2. The maximum absolute atomic E-state index is 12.8. The first-order valence-electron chi connectivity index (χ1n) is 5.60. The summed E-state index contributed by atoms with van der Waals surface area (Å²) in [6.45, 7) is 3.47. The monoisotopic (exact) mass is 244 g/mol. The van der Waals surface area contributed by atoms with E-state index in [4.69, 9.17) is 0 Å². The lowest BCUT2D eigenvalue weighted by Crippen LogP contribution is -2.04. The fourth-order valence-corrected chi connectivity index (χ4v) is 1.84. The molecule has 0 amide bonds. The van der Waals surface area contributed by atoms with Crippen LogP contribution in [0.1, 0.15) is 27.0 Å². The normalized spacial score (nSPS) is 10.4.